The van der Waals surface area contributed by atoms with Crippen LogP contribution >= 0.6 is 11.3 Å². The predicted octanol–water partition coefficient (Wildman–Crippen LogP) is 5.12. The van der Waals surface area contributed by atoms with Crippen LogP contribution in [-0.2, 0) is 0 Å². The second-order valence-corrected chi connectivity index (χ2v) is 5.62. The zero-order valence-electron chi connectivity index (χ0n) is 10.2. The maximum Gasteiger partial charge on any atom is 0.0823 e. The molecule has 2 aromatic carbocycles. The Hall–Kier alpha value is -2.19. The molecule has 0 fully saturated rings. The molecule has 4 aromatic rings. The van der Waals surface area contributed by atoms with Crippen molar-refractivity contribution in [3.05, 3.63) is 66.7 Å². The third-order valence-electron chi connectivity index (χ3n) is 3.26. The standard InChI is InChI=1S/C17H11NS/c1-2-6-12(7-3-1)16-11-15-17(19-16)10-13-8-4-5-9-14(13)18-15/h1-11H. The molecule has 0 aliphatic rings. The monoisotopic (exact) mass is 261 g/mol. The molecule has 0 spiro atoms. The maximum absolute atomic E-state index is 4.73. The molecule has 0 saturated carbocycles. The summed E-state index contributed by atoms with van der Waals surface area (Å²) in [6.45, 7) is 0. The van der Waals surface area contributed by atoms with Gasteiger partial charge in [0, 0.05) is 10.3 Å². The molecule has 0 unspecified atom stereocenters. The quantitative estimate of drug-likeness (QED) is 0.463. The van der Waals surface area contributed by atoms with Gasteiger partial charge in [0.05, 0.1) is 15.7 Å². The summed E-state index contributed by atoms with van der Waals surface area (Å²) in [6.07, 6.45) is 0. The largest absolute Gasteiger partial charge is 0.247 e. The Balaban J connectivity index is 1.98. The van der Waals surface area contributed by atoms with Gasteiger partial charge in [0.25, 0.3) is 0 Å². The van der Waals surface area contributed by atoms with Gasteiger partial charge in [-0.05, 0) is 23.8 Å². The van der Waals surface area contributed by atoms with Gasteiger partial charge < -0.3 is 0 Å². The highest BCUT2D eigenvalue weighted by molar-refractivity contribution is 7.22. The summed E-state index contributed by atoms with van der Waals surface area (Å²) < 4.78 is 1.25. The molecule has 0 atom stereocenters. The van der Waals surface area contributed by atoms with Crippen molar-refractivity contribution < 1.29 is 0 Å². The van der Waals surface area contributed by atoms with Gasteiger partial charge in [-0.1, -0.05) is 48.5 Å². The van der Waals surface area contributed by atoms with Crippen LogP contribution in [0.1, 0.15) is 0 Å². The molecule has 90 valence electrons. The number of aromatic nitrogens is 1. The van der Waals surface area contributed by atoms with E-state index in [0.29, 0.717) is 0 Å². The van der Waals surface area contributed by atoms with Crippen LogP contribution < -0.4 is 0 Å². The summed E-state index contributed by atoms with van der Waals surface area (Å²) in [7, 11) is 0. The first-order chi connectivity index (χ1) is 9.40. The van der Waals surface area contributed by atoms with Crippen LogP contribution in [0, 0.1) is 0 Å². The van der Waals surface area contributed by atoms with E-state index in [9.17, 15) is 0 Å². The van der Waals surface area contributed by atoms with Crippen molar-refractivity contribution in [1.82, 2.24) is 4.98 Å². The molecule has 0 N–H and O–H groups in total. The minimum absolute atomic E-state index is 1.06. The summed E-state index contributed by atoms with van der Waals surface area (Å²) in [5.41, 5.74) is 3.41. The summed E-state index contributed by atoms with van der Waals surface area (Å²) in [5, 5.41) is 1.21. The van der Waals surface area contributed by atoms with Crippen molar-refractivity contribution in [2.75, 3.05) is 0 Å². The molecule has 0 aliphatic carbocycles. The second-order valence-electron chi connectivity index (χ2n) is 4.54. The Bertz CT molecular complexity index is 810. The zero-order valence-corrected chi connectivity index (χ0v) is 11.0. The van der Waals surface area contributed by atoms with Crippen molar-refractivity contribution in [3.63, 3.8) is 0 Å². The lowest BCUT2D eigenvalue weighted by Gasteiger charge is -1.95. The SMILES string of the molecule is c1ccc(-c2cc3nc4ccccc4cc3s2)cc1. The predicted molar refractivity (Wildman–Crippen MR) is 82.6 cm³/mol. The third-order valence-corrected chi connectivity index (χ3v) is 4.38. The van der Waals surface area contributed by atoms with Crippen molar-refractivity contribution >= 4 is 32.5 Å². The third kappa shape index (κ3) is 1.81. The topological polar surface area (TPSA) is 12.9 Å². The van der Waals surface area contributed by atoms with E-state index in [-0.39, 0.29) is 0 Å². The lowest BCUT2D eigenvalue weighted by molar-refractivity contribution is 1.52. The number of hydrogen-bond acceptors (Lipinski definition) is 2. The second kappa shape index (κ2) is 4.18. The van der Waals surface area contributed by atoms with E-state index >= 15 is 0 Å². The smallest absolute Gasteiger partial charge is 0.0823 e. The first kappa shape index (κ1) is 10.7. The van der Waals surface area contributed by atoms with Crippen LogP contribution in [0.4, 0.5) is 0 Å². The van der Waals surface area contributed by atoms with E-state index in [4.69, 9.17) is 4.98 Å². The van der Waals surface area contributed by atoms with Crippen LogP contribution in [0.25, 0.3) is 31.6 Å². The van der Waals surface area contributed by atoms with E-state index in [2.05, 4.69) is 54.6 Å². The molecular formula is C17H11NS. The van der Waals surface area contributed by atoms with Crippen LogP contribution in [-0.4, -0.2) is 4.98 Å². The van der Waals surface area contributed by atoms with Gasteiger partial charge in [0.1, 0.15) is 0 Å². The molecule has 2 heterocycles. The van der Waals surface area contributed by atoms with Gasteiger partial charge in [-0.25, -0.2) is 4.98 Å². The minimum atomic E-state index is 1.06. The molecule has 0 radical (unpaired) electrons. The number of benzene rings is 2. The molecule has 2 heteroatoms. The van der Waals surface area contributed by atoms with Crippen LogP contribution in [0.3, 0.4) is 0 Å². The van der Waals surface area contributed by atoms with Gasteiger partial charge in [-0.2, -0.15) is 0 Å². The summed E-state index contributed by atoms with van der Waals surface area (Å²) in [6, 6.07) is 23.2. The number of nitrogens with zero attached hydrogens (tertiary/aromatic N) is 1. The number of rotatable bonds is 1. The number of fused-ring (bicyclic) bond motifs is 2. The van der Waals surface area contributed by atoms with Crippen LogP contribution in [0.15, 0.2) is 66.7 Å². The van der Waals surface area contributed by atoms with Crippen molar-refractivity contribution in [3.8, 4) is 10.4 Å². The fourth-order valence-corrected chi connectivity index (χ4v) is 3.37. The molecule has 0 aliphatic heterocycles. The molecule has 0 bridgehead atoms. The zero-order chi connectivity index (χ0) is 12.7. The fourth-order valence-electron chi connectivity index (χ4n) is 2.31. The van der Waals surface area contributed by atoms with Gasteiger partial charge in [-0.3, -0.25) is 0 Å². The Labute approximate surface area is 115 Å². The van der Waals surface area contributed by atoms with Gasteiger partial charge in [0.15, 0.2) is 0 Å². The highest BCUT2D eigenvalue weighted by atomic mass is 32.1. The number of hydrogen-bond donors (Lipinski definition) is 0. The Morgan fingerprint density at radius 2 is 1.53 bits per heavy atom. The number of para-hydroxylation sites is 1. The molecule has 0 saturated heterocycles. The lowest BCUT2D eigenvalue weighted by Crippen LogP contribution is -1.77. The molecule has 4 rings (SSSR count). The molecule has 0 amide bonds. The average Bonchev–Trinajstić information content (AvgIpc) is 2.88. The molecular weight excluding hydrogens is 250 g/mol. The molecule has 19 heavy (non-hydrogen) atoms. The van der Waals surface area contributed by atoms with E-state index in [1.54, 1.807) is 11.3 Å². The van der Waals surface area contributed by atoms with Gasteiger partial charge >= 0.3 is 0 Å². The summed E-state index contributed by atoms with van der Waals surface area (Å²) >= 11 is 1.80. The van der Waals surface area contributed by atoms with Gasteiger partial charge in [0.2, 0.25) is 0 Å². The van der Waals surface area contributed by atoms with E-state index < -0.39 is 0 Å². The first-order valence-corrected chi connectivity index (χ1v) is 7.06. The summed E-state index contributed by atoms with van der Waals surface area (Å²) in [5.74, 6) is 0. The highest BCUT2D eigenvalue weighted by Crippen LogP contribution is 2.33. The van der Waals surface area contributed by atoms with Crippen LogP contribution in [0.2, 0.25) is 0 Å². The average molecular weight is 261 g/mol. The van der Waals surface area contributed by atoms with Crippen molar-refractivity contribution in [1.29, 1.82) is 0 Å². The lowest BCUT2D eigenvalue weighted by atomic mass is 10.2. The minimum Gasteiger partial charge on any atom is -0.247 e. The van der Waals surface area contributed by atoms with E-state index in [0.717, 1.165) is 11.0 Å². The fraction of sp³-hybridized carbons (Fsp3) is 0. The summed E-state index contributed by atoms with van der Waals surface area (Å²) in [4.78, 5) is 6.01. The van der Waals surface area contributed by atoms with Gasteiger partial charge in [-0.15, -0.1) is 11.3 Å². The van der Waals surface area contributed by atoms with E-state index in [1.165, 1.54) is 20.5 Å². The molecule has 2 aromatic heterocycles. The first-order valence-electron chi connectivity index (χ1n) is 6.25. The Morgan fingerprint density at radius 1 is 0.737 bits per heavy atom. The van der Waals surface area contributed by atoms with E-state index in [1.807, 2.05) is 12.1 Å². The number of thiophene rings is 1. The van der Waals surface area contributed by atoms with Crippen LogP contribution in [0.5, 0.6) is 0 Å². The van der Waals surface area contributed by atoms with Crippen molar-refractivity contribution in [2.45, 2.75) is 0 Å². The van der Waals surface area contributed by atoms with Crippen molar-refractivity contribution in [2.24, 2.45) is 0 Å². The highest BCUT2D eigenvalue weighted by Gasteiger charge is 2.06. The Morgan fingerprint density at radius 3 is 2.42 bits per heavy atom. The maximum atomic E-state index is 4.73. The molecule has 1 nitrogen and oxygen atoms in total. The Kier molecular flexibility index (Phi) is 2.35. The normalized spacial score (nSPS) is 11.2. The number of pyridine rings is 1.